The van der Waals surface area contributed by atoms with Gasteiger partial charge in [-0.1, -0.05) is 23.4 Å². The van der Waals surface area contributed by atoms with E-state index >= 15 is 0 Å². The molecule has 0 spiro atoms. The van der Waals surface area contributed by atoms with Crippen molar-refractivity contribution in [1.29, 1.82) is 0 Å². The van der Waals surface area contributed by atoms with Crippen LogP contribution in [0.1, 0.15) is 49.9 Å². The largest absolute Gasteiger partial charge is 0.468 e. The van der Waals surface area contributed by atoms with Gasteiger partial charge < -0.3 is 20.4 Å². The van der Waals surface area contributed by atoms with Crippen LogP contribution in [0.4, 0.5) is 4.79 Å². The molecule has 1 atom stereocenters. The predicted octanol–water partition coefficient (Wildman–Crippen LogP) is 2.18. The van der Waals surface area contributed by atoms with E-state index in [9.17, 15) is 9.59 Å². The summed E-state index contributed by atoms with van der Waals surface area (Å²) in [5.41, 5.74) is 7.43. The molecule has 1 amide bonds. The zero-order valence-corrected chi connectivity index (χ0v) is 15.5. The maximum atomic E-state index is 12.7. The maximum Gasteiger partial charge on any atom is 0.411 e. The molecule has 1 aromatic rings. The molecule has 8 nitrogen and oxygen atoms in total. The van der Waals surface area contributed by atoms with Gasteiger partial charge in [0.25, 0.3) is 0 Å². The fraction of sp³-hybridized carbons (Fsp3) is 0.500. The number of oxime groups is 1. The normalized spacial score (nSPS) is 16.8. The number of nitrogens with zero attached hydrogens (tertiary/aromatic N) is 2. The highest BCUT2D eigenvalue weighted by atomic mass is 16.6. The van der Waals surface area contributed by atoms with Gasteiger partial charge in [-0.15, -0.1) is 0 Å². The second-order valence-electron chi connectivity index (χ2n) is 7.10. The molecule has 0 aromatic heterocycles. The molecule has 1 aliphatic carbocycles. The first-order chi connectivity index (χ1) is 12.2. The standard InChI is InChI=1S/C18H25N3O5/c1-18(2,3)26-17(23)21(10-15(22)25-4)14-9-8-11-12(14)6-5-7-13(11)16(19)20-24/h5-7,14,24H,8-10H2,1-4H3,(H2,19,20)/t14-/m0/s1. The van der Waals surface area contributed by atoms with Crippen LogP contribution in [0.3, 0.4) is 0 Å². The van der Waals surface area contributed by atoms with Gasteiger partial charge in [0.2, 0.25) is 0 Å². The lowest BCUT2D eigenvalue weighted by molar-refractivity contribution is -0.142. The van der Waals surface area contributed by atoms with Crippen molar-refractivity contribution >= 4 is 17.9 Å². The molecule has 0 bridgehead atoms. The van der Waals surface area contributed by atoms with Gasteiger partial charge in [0.15, 0.2) is 5.84 Å². The second-order valence-corrected chi connectivity index (χ2v) is 7.10. The van der Waals surface area contributed by atoms with E-state index in [0.717, 1.165) is 11.1 Å². The number of methoxy groups -OCH3 is 1. The zero-order chi connectivity index (χ0) is 19.5. The van der Waals surface area contributed by atoms with Crippen LogP contribution in [0.25, 0.3) is 0 Å². The highest BCUT2D eigenvalue weighted by Gasteiger charge is 2.36. The van der Waals surface area contributed by atoms with E-state index in [-0.39, 0.29) is 18.4 Å². The number of ether oxygens (including phenoxy) is 2. The minimum Gasteiger partial charge on any atom is -0.468 e. The lowest BCUT2D eigenvalue weighted by atomic mass is 10.0. The third-order valence-corrected chi connectivity index (χ3v) is 4.15. The van der Waals surface area contributed by atoms with Crippen molar-refractivity contribution in [2.24, 2.45) is 10.9 Å². The molecule has 142 valence electrons. The molecule has 0 aliphatic heterocycles. The van der Waals surface area contributed by atoms with Crippen molar-refractivity contribution in [3.05, 3.63) is 34.9 Å². The van der Waals surface area contributed by atoms with E-state index in [1.807, 2.05) is 6.07 Å². The highest BCUT2D eigenvalue weighted by molar-refractivity contribution is 5.99. The Hall–Kier alpha value is -2.77. The minimum absolute atomic E-state index is 0.0132. The summed E-state index contributed by atoms with van der Waals surface area (Å²) in [6.45, 7) is 5.07. The summed E-state index contributed by atoms with van der Waals surface area (Å²) in [6.07, 6.45) is 0.642. The Labute approximate surface area is 152 Å². The molecule has 0 unspecified atom stereocenters. The number of hydrogen-bond acceptors (Lipinski definition) is 6. The number of benzene rings is 1. The molecule has 1 aliphatic rings. The summed E-state index contributed by atoms with van der Waals surface area (Å²) in [5, 5.41) is 12.0. The van der Waals surface area contributed by atoms with E-state index in [0.29, 0.717) is 18.4 Å². The van der Waals surface area contributed by atoms with Crippen LogP contribution in [-0.2, 0) is 20.7 Å². The smallest absolute Gasteiger partial charge is 0.411 e. The van der Waals surface area contributed by atoms with Gasteiger partial charge in [0.05, 0.1) is 13.2 Å². The summed E-state index contributed by atoms with van der Waals surface area (Å²) >= 11 is 0. The molecular weight excluding hydrogens is 338 g/mol. The molecule has 0 heterocycles. The Bertz CT molecular complexity index is 724. The third-order valence-electron chi connectivity index (χ3n) is 4.15. The van der Waals surface area contributed by atoms with Crippen LogP contribution < -0.4 is 5.73 Å². The van der Waals surface area contributed by atoms with Crippen LogP contribution in [0.5, 0.6) is 0 Å². The van der Waals surface area contributed by atoms with Gasteiger partial charge in [-0.25, -0.2) is 4.79 Å². The van der Waals surface area contributed by atoms with E-state index in [1.54, 1.807) is 32.9 Å². The predicted molar refractivity (Wildman–Crippen MR) is 95.0 cm³/mol. The Balaban J connectivity index is 2.40. The van der Waals surface area contributed by atoms with Crippen LogP contribution in [0, 0.1) is 0 Å². The highest BCUT2D eigenvalue weighted by Crippen LogP contribution is 2.38. The number of amidine groups is 1. The Kier molecular flexibility index (Phi) is 5.74. The Morgan fingerprint density at radius 1 is 1.38 bits per heavy atom. The summed E-state index contributed by atoms with van der Waals surface area (Å²) in [7, 11) is 1.27. The number of nitrogens with two attached hydrogens (primary N) is 1. The van der Waals surface area contributed by atoms with Gasteiger partial charge in [0, 0.05) is 5.56 Å². The van der Waals surface area contributed by atoms with Gasteiger partial charge >= 0.3 is 12.1 Å². The molecule has 3 N–H and O–H groups in total. The Morgan fingerprint density at radius 2 is 2.08 bits per heavy atom. The molecule has 8 heteroatoms. The molecule has 1 aromatic carbocycles. The maximum absolute atomic E-state index is 12.7. The summed E-state index contributed by atoms with van der Waals surface area (Å²) in [4.78, 5) is 25.9. The van der Waals surface area contributed by atoms with Crippen molar-refractivity contribution in [2.75, 3.05) is 13.7 Å². The van der Waals surface area contributed by atoms with Gasteiger partial charge in [0.1, 0.15) is 12.1 Å². The van der Waals surface area contributed by atoms with E-state index in [2.05, 4.69) is 5.16 Å². The molecule has 0 saturated heterocycles. The third kappa shape index (κ3) is 4.25. The molecule has 0 saturated carbocycles. The topological polar surface area (TPSA) is 114 Å². The van der Waals surface area contributed by atoms with Crippen molar-refractivity contribution in [3.8, 4) is 0 Å². The number of rotatable bonds is 4. The van der Waals surface area contributed by atoms with Crippen molar-refractivity contribution in [3.63, 3.8) is 0 Å². The fourth-order valence-corrected chi connectivity index (χ4v) is 3.08. The molecule has 26 heavy (non-hydrogen) atoms. The van der Waals surface area contributed by atoms with Gasteiger partial charge in [-0.3, -0.25) is 9.69 Å². The SMILES string of the molecule is COC(=O)CN(C(=O)OC(C)(C)C)[C@H]1CCc2c(/C(N)=N\O)cccc21. The first-order valence-corrected chi connectivity index (χ1v) is 8.34. The summed E-state index contributed by atoms with van der Waals surface area (Å²) in [5.74, 6) is -0.517. The summed E-state index contributed by atoms with van der Waals surface area (Å²) < 4.78 is 10.2. The van der Waals surface area contributed by atoms with E-state index in [4.69, 9.17) is 20.4 Å². The number of carbonyl (C=O) groups is 2. The lowest BCUT2D eigenvalue weighted by Crippen LogP contribution is -2.42. The van der Waals surface area contributed by atoms with E-state index in [1.165, 1.54) is 12.0 Å². The molecule has 0 radical (unpaired) electrons. The monoisotopic (exact) mass is 363 g/mol. The molecule has 0 fully saturated rings. The van der Waals surface area contributed by atoms with E-state index < -0.39 is 17.7 Å². The average Bonchev–Trinajstić information content (AvgIpc) is 3.00. The Morgan fingerprint density at radius 3 is 2.65 bits per heavy atom. The van der Waals surface area contributed by atoms with Gasteiger partial charge in [-0.2, -0.15) is 0 Å². The number of fused-ring (bicyclic) bond motifs is 1. The van der Waals surface area contributed by atoms with Crippen LogP contribution in [0.15, 0.2) is 23.4 Å². The van der Waals surface area contributed by atoms with Gasteiger partial charge in [-0.05, 0) is 44.7 Å². The first kappa shape index (κ1) is 19.6. The number of hydrogen-bond donors (Lipinski definition) is 2. The lowest BCUT2D eigenvalue weighted by Gasteiger charge is -2.31. The second kappa shape index (κ2) is 7.63. The van der Waals surface area contributed by atoms with Crippen molar-refractivity contribution in [1.82, 2.24) is 4.90 Å². The van der Waals surface area contributed by atoms with Crippen molar-refractivity contribution in [2.45, 2.75) is 45.3 Å². The van der Waals surface area contributed by atoms with Crippen LogP contribution in [-0.4, -0.2) is 47.3 Å². The molecular formula is C18H25N3O5. The van der Waals surface area contributed by atoms with Crippen molar-refractivity contribution < 1.29 is 24.3 Å². The minimum atomic E-state index is -0.692. The number of amides is 1. The summed E-state index contributed by atoms with van der Waals surface area (Å²) in [6, 6.07) is 5.05. The first-order valence-electron chi connectivity index (χ1n) is 8.34. The number of carbonyl (C=O) groups excluding carboxylic acids is 2. The quantitative estimate of drug-likeness (QED) is 0.279. The van der Waals surface area contributed by atoms with Crippen LogP contribution >= 0.6 is 0 Å². The van der Waals surface area contributed by atoms with Crippen LogP contribution in [0.2, 0.25) is 0 Å². The fourth-order valence-electron chi connectivity index (χ4n) is 3.08. The molecule has 2 rings (SSSR count). The number of esters is 1. The average molecular weight is 363 g/mol. The zero-order valence-electron chi connectivity index (χ0n) is 15.5.